The van der Waals surface area contributed by atoms with Gasteiger partial charge in [0.1, 0.15) is 17.5 Å². The monoisotopic (exact) mass is 486 g/mol. The van der Waals surface area contributed by atoms with Gasteiger partial charge in [0, 0.05) is 5.39 Å². The Morgan fingerprint density at radius 1 is 0.686 bits per heavy atom. The minimum Gasteiger partial charge on any atom is -0.206 e. The van der Waals surface area contributed by atoms with E-state index in [-0.39, 0.29) is 5.56 Å². The lowest BCUT2D eigenvalue weighted by Crippen LogP contribution is -2.04. The molecule has 0 unspecified atom stereocenters. The van der Waals surface area contributed by atoms with E-state index in [4.69, 9.17) is 0 Å². The van der Waals surface area contributed by atoms with Gasteiger partial charge in [-0.1, -0.05) is 49.7 Å². The van der Waals surface area contributed by atoms with E-state index in [0.29, 0.717) is 52.3 Å². The fourth-order valence-electron chi connectivity index (χ4n) is 4.25. The van der Waals surface area contributed by atoms with Gasteiger partial charge >= 0.3 is 6.18 Å². The van der Waals surface area contributed by atoms with Crippen LogP contribution in [0, 0.1) is 17.5 Å². The number of alkyl halides is 3. The van der Waals surface area contributed by atoms with Crippen molar-refractivity contribution in [2.45, 2.75) is 45.2 Å². The predicted molar refractivity (Wildman–Crippen MR) is 127 cm³/mol. The SMILES string of the molecule is CCCCc1cc(F)c(-c2ccc3c(F)c(CCc4ccc(C(F)(F)F)cc4)ccc3c2)c(F)c1. The van der Waals surface area contributed by atoms with Crippen LogP contribution in [-0.4, -0.2) is 0 Å². The summed E-state index contributed by atoms with van der Waals surface area (Å²) < 4.78 is 82.8. The first-order valence-corrected chi connectivity index (χ1v) is 11.5. The van der Waals surface area contributed by atoms with Gasteiger partial charge in [-0.15, -0.1) is 0 Å². The third kappa shape index (κ3) is 5.53. The van der Waals surface area contributed by atoms with Crippen LogP contribution in [0.3, 0.4) is 0 Å². The molecule has 4 aromatic carbocycles. The summed E-state index contributed by atoms with van der Waals surface area (Å²) in [6, 6.07) is 15.4. The van der Waals surface area contributed by atoms with E-state index in [1.165, 1.54) is 36.4 Å². The van der Waals surface area contributed by atoms with Gasteiger partial charge in [0.25, 0.3) is 0 Å². The number of halogens is 6. The Morgan fingerprint density at radius 2 is 1.37 bits per heavy atom. The van der Waals surface area contributed by atoms with Crippen LogP contribution in [0.2, 0.25) is 0 Å². The second kappa shape index (κ2) is 10.1. The third-order valence-corrected chi connectivity index (χ3v) is 6.21. The molecule has 0 N–H and O–H groups in total. The van der Waals surface area contributed by atoms with Crippen molar-refractivity contribution in [3.63, 3.8) is 0 Å². The number of fused-ring (bicyclic) bond motifs is 1. The molecule has 0 saturated heterocycles. The highest BCUT2D eigenvalue weighted by molar-refractivity contribution is 5.88. The van der Waals surface area contributed by atoms with E-state index in [0.717, 1.165) is 25.0 Å². The van der Waals surface area contributed by atoms with Crippen LogP contribution in [0.1, 0.15) is 42.0 Å². The second-order valence-electron chi connectivity index (χ2n) is 8.71. The first-order valence-electron chi connectivity index (χ1n) is 11.5. The Hall–Kier alpha value is -3.28. The van der Waals surface area contributed by atoms with Crippen LogP contribution in [0.15, 0.2) is 66.7 Å². The van der Waals surface area contributed by atoms with Gasteiger partial charge in [0.05, 0.1) is 11.1 Å². The first kappa shape index (κ1) is 24.8. The van der Waals surface area contributed by atoms with Crippen LogP contribution in [0.4, 0.5) is 26.3 Å². The first-order chi connectivity index (χ1) is 16.7. The zero-order valence-corrected chi connectivity index (χ0v) is 19.2. The predicted octanol–water partition coefficient (Wildman–Crippen LogP) is 9.07. The van der Waals surface area contributed by atoms with Crippen molar-refractivity contribution in [2.24, 2.45) is 0 Å². The number of hydrogen-bond acceptors (Lipinski definition) is 0. The Bertz CT molecular complexity index is 1310. The van der Waals surface area contributed by atoms with Gasteiger partial charge in [-0.05, 0) is 83.7 Å². The van der Waals surface area contributed by atoms with E-state index in [1.54, 1.807) is 18.2 Å². The zero-order valence-electron chi connectivity index (χ0n) is 19.2. The van der Waals surface area contributed by atoms with Crippen molar-refractivity contribution >= 4 is 10.8 Å². The maximum absolute atomic E-state index is 15.2. The maximum Gasteiger partial charge on any atom is 0.416 e. The number of rotatable bonds is 7. The molecule has 0 aliphatic heterocycles. The molecule has 0 atom stereocenters. The minimum atomic E-state index is -4.40. The molecule has 0 aliphatic rings. The third-order valence-electron chi connectivity index (χ3n) is 6.21. The minimum absolute atomic E-state index is 0.140. The number of unbranched alkanes of at least 4 members (excludes halogenated alkanes) is 1. The van der Waals surface area contributed by atoms with Crippen LogP contribution in [-0.2, 0) is 25.4 Å². The standard InChI is InChI=1S/C29H24F6/c1-2-3-4-19-15-25(30)27(26(31)16-19)22-11-14-24-21(17-22)10-9-20(28(24)32)8-5-18-6-12-23(13-7-18)29(33,34)35/h6-7,9-17H,2-5,8H2,1H3. The number of hydrogen-bond donors (Lipinski definition) is 0. The quantitative estimate of drug-likeness (QED) is 0.229. The van der Waals surface area contributed by atoms with E-state index < -0.39 is 29.2 Å². The summed E-state index contributed by atoms with van der Waals surface area (Å²) in [6.07, 6.45) is -1.35. The molecule has 0 aliphatic carbocycles. The van der Waals surface area contributed by atoms with Crippen molar-refractivity contribution in [3.05, 3.63) is 106 Å². The lowest BCUT2D eigenvalue weighted by Gasteiger charge is -2.12. The number of benzene rings is 4. The highest BCUT2D eigenvalue weighted by Gasteiger charge is 2.29. The van der Waals surface area contributed by atoms with Crippen LogP contribution < -0.4 is 0 Å². The Labute approximate surface area is 200 Å². The molecule has 0 saturated carbocycles. The summed E-state index contributed by atoms with van der Waals surface area (Å²) in [5.41, 5.74) is 1.15. The summed E-state index contributed by atoms with van der Waals surface area (Å²) in [5, 5.41) is 0.825. The topological polar surface area (TPSA) is 0 Å². The van der Waals surface area contributed by atoms with E-state index >= 15 is 4.39 Å². The smallest absolute Gasteiger partial charge is 0.206 e. The van der Waals surface area contributed by atoms with Crippen molar-refractivity contribution in [1.29, 1.82) is 0 Å². The molecule has 0 amide bonds. The van der Waals surface area contributed by atoms with Gasteiger partial charge in [0.2, 0.25) is 0 Å². The average Bonchev–Trinajstić information content (AvgIpc) is 2.81. The fourth-order valence-corrected chi connectivity index (χ4v) is 4.25. The summed E-state index contributed by atoms with van der Waals surface area (Å²) in [5.74, 6) is -1.75. The highest BCUT2D eigenvalue weighted by Crippen LogP contribution is 2.32. The van der Waals surface area contributed by atoms with E-state index in [9.17, 15) is 22.0 Å². The zero-order chi connectivity index (χ0) is 25.2. The Kier molecular flexibility index (Phi) is 7.20. The van der Waals surface area contributed by atoms with Crippen molar-refractivity contribution < 1.29 is 26.3 Å². The molecule has 35 heavy (non-hydrogen) atoms. The molecule has 182 valence electrons. The van der Waals surface area contributed by atoms with Gasteiger partial charge in [0.15, 0.2) is 0 Å². The largest absolute Gasteiger partial charge is 0.416 e. The lowest BCUT2D eigenvalue weighted by molar-refractivity contribution is -0.137. The van der Waals surface area contributed by atoms with Gasteiger partial charge in [-0.2, -0.15) is 13.2 Å². The van der Waals surface area contributed by atoms with Crippen LogP contribution in [0.25, 0.3) is 21.9 Å². The van der Waals surface area contributed by atoms with Crippen molar-refractivity contribution in [1.82, 2.24) is 0 Å². The molecule has 0 nitrogen and oxygen atoms in total. The summed E-state index contributed by atoms with van der Waals surface area (Å²) in [4.78, 5) is 0. The molecule has 0 spiro atoms. The normalized spacial score (nSPS) is 11.9. The summed E-state index contributed by atoms with van der Waals surface area (Å²) in [6.45, 7) is 2.01. The van der Waals surface area contributed by atoms with Gasteiger partial charge < -0.3 is 0 Å². The second-order valence-corrected chi connectivity index (χ2v) is 8.71. The van der Waals surface area contributed by atoms with Crippen LogP contribution >= 0.6 is 0 Å². The maximum atomic E-state index is 15.2. The summed E-state index contributed by atoms with van der Waals surface area (Å²) >= 11 is 0. The molecule has 0 aromatic heterocycles. The molecule has 0 bridgehead atoms. The Morgan fingerprint density at radius 3 is 2.00 bits per heavy atom. The molecule has 0 fully saturated rings. The molecule has 6 heteroatoms. The Balaban J connectivity index is 1.56. The van der Waals surface area contributed by atoms with Crippen molar-refractivity contribution in [2.75, 3.05) is 0 Å². The van der Waals surface area contributed by atoms with Gasteiger partial charge in [-0.25, -0.2) is 13.2 Å². The molecule has 0 radical (unpaired) electrons. The van der Waals surface area contributed by atoms with Crippen molar-refractivity contribution in [3.8, 4) is 11.1 Å². The average molecular weight is 486 g/mol. The highest BCUT2D eigenvalue weighted by atomic mass is 19.4. The van der Waals surface area contributed by atoms with E-state index in [2.05, 4.69) is 0 Å². The summed E-state index contributed by atoms with van der Waals surface area (Å²) in [7, 11) is 0. The molecule has 4 aromatic rings. The lowest BCUT2D eigenvalue weighted by atomic mass is 9.95. The van der Waals surface area contributed by atoms with E-state index in [1.807, 2.05) is 6.92 Å². The molecular formula is C29H24F6. The van der Waals surface area contributed by atoms with Gasteiger partial charge in [-0.3, -0.25) is 0 Å². The molecular weight excluding hydrogens is 462 g/mol. The number of aryl methyl sites for hydroxylation is 3. The fraction of sp³-hybridized carbons (Fsp3) is 0.241. The van der Waals surface area contributed by atoms with Crippen LogP contribution in [0.5, 0.6) is 0 Å². The molecule has 4 rings (SSSR count). The molecule has 0 heterocycles.